The molecule has 7 nitrogen and oxygen atoms in total. The zero-order chi connectivity index (χ0) is 19.1. The standard InChI is InChI=1S/C18H21ClN2O5/c1-11-7-13(8-12(2)17(11)19)25-10-14-9-15(21-26-14)18(23)20-6-4-5-16(22)24-3/h7-9H,4-6,10H2,1-3H3,(H,20,23). The van der Waals surface area contributed by atoms with Crippen molar-refractivity contribution < 1.29 is 23.6 Å². The molecular formula is C18H21ClN2O5. The number of rotatable bonds is 8. The van der Waals surface area contributed by atoms with Crippen LogP contribution in [0, 0.1) is 13.8 Å². The number of hydrogen-bond donors (Lipinski definition) is 1. The second kappa shape index (κ2) is 9.24. The van der Waals surface area contributed by atoms with Crippen molar-refractivity contribution >= 4 is 23.5 Å². The zero-order valence-corrected chi connectivity index (χ0v) is 15.7. The van der Waals surface area contributed by atoms with Gasteiger partial charge in [-0.3, -0.25) is 9.59 Å². The molecule has 1 N–H and O–H groups in total. The van der Waals surface area contributed by atoms with E-state index in [2.05, 4.69) is 15.2 Å². The van der Waals surface area contributed by atoms with E-state index in [0.29, 0.717) is 29.5 Å². The van der Waals surface area contributed by atoms with Gasteiger partial charge in [0.05, 0.1) is 7.11 Å². The minimum Gasteiger partial charge on any atom is -0.486 e. The molecule has 0 unspecified atom stereocenters. The summed E-state index contributed by atoms with van der Waals surface area (Å²) in [5, 5.41) is 7.10. The molecule has 1 aromatic carbocycles. The molecule has 0 spiro atoms. The van der Waals surface area contributed by atoms with Crippen LogP contribution in [0.4, 0.5) is 0 Å². The van der Waals surface area contributed by atoms with Crippen LogP contribution in [0.3, 0.4) is 0 Å². The van der Waals surface area contributed by atoms with Gasteiger partial charge in [0.2, 0.25) is 0 Å². The maximum atomic E-state index is 12.0. The first-order valence-electron chi connectivity index (χ1n) is 8.11. The maximum Gasteiger partial charge on any atom is 0.305 e. The summed E-state index contributed by atoms with van der Waals surface area (Å²) in [5.41, 5.74) is 2.00. The van der Waals surface area contributed by atoms with Gasteiger partial charge in [0.25, 0.3) is 5.91 Å². The van der Waals surface area contributed by atoms with Crippen LogP contribution in [0.2, 0.25) is 5.02 Å². The van der Waals surface area contributed by atoms with Crippen molar-refractivity contribution in [3.8, 4) is 5.75 Å². The smallest absolute Gasteiger partial charge is 0.305 e. The van der Waals surface area contributed by atoms with E-state index < -0.39 is 0 Å². The highest BCUT2D eigenvalue weighted by Crippen LogP contribution is 2.26. The minimum atomic E-state index is -0.372. The number of benzene rings is 1. The Morgan fingerprint density at radius 2 is 1.92 bits per heavy atom. The van der Waals surface area contributed by atoms with Crippen molar-refractivity contribution in [2.45, 2.75) is 33.3 Å². The van der Waals surface area contributed by atoms with E-state index in [1.165, 1.54) is 13.2 Å². The summed E-state index contributed by atoms with van der Waals surface area (Å²) in [4.78, 5) is 23.0. The van der Waals surface area contributed by atoms with Gasteiger partial charge in [0.1, 0.15) is 12.4 Å². The Balaban J connectivity index is 1.83. The lowest BCUT2D eigenvalue weighted by atomic mass is 10.1. The molecule has 2 aromatic rings. The minimum absolute atomic E-state index is 0.142. The number of amides is 1. The summed E-state index contributed by atoms with van der Waals surface area (Å²) >= 11 is 6.13. The monoisotopic (exact) mass is 380 g/mol. The molecule has 1 aromatic heterocycles. The normalized spacial score (nSPS) is 10.5. The molecule has 0 bridgehead atoms. The molecule has 140 valence electrons. The van der Waals surface area contributed by atoms with Crippen LogP contribution in [0.1, 0.15) is 40.2 Å². The van der Waals surface area contributed by atoms with Crippen molar-refractivity contribution in [3.05, 3.63) is 45.8 Å². The number of nitrogens with zero attached hydrogens (tertiary/aromatic N) is 1. The molecule has 0 aliphatic carbocycles. The van der Waals surface area contributed by atoms with Gasteiger partial charge in [-0.15, -0.1) is 0 Å². The highest BCUT2D eigenvalue weighted by Gasteiger charge is 2.13. The van der Waals surface area contributed by atoms with Gasteiger partial charge < -0.3 is 19.3 Å². The number of halogens is 1. The number of ether oxygens (including phenoxy) is 2. The van der Waals surface area contributed by atoms with Crippen molar-refractivity contribution in [1.82, 2.24) is 10.5 Å². The predicted octanol–water partition coefficient (Wildman–Crippen LogP) is 3.21. The largest absolute Gasteiger partial charge is 0.486 e. The molecule has 1 amide bonds. The Kier molecular flexibility index (Phi) is 7.03. The van der Waals surface area contributed by atoms with Crippen LogP contribution < -0.4 is 10.1 Å². The third kappa shape index (κ3) is 5.49. The van der Waals surface area contributed by atoms with E-state index in [0.717, 1.165) is 11.1 Å². The number of aryl methyl sites for hydroxylation is 2. The molecule has 0 saturated heterocycles. The Labute approximate surface area is 156 Å². The molecule has 0 saturated carbocycles. The van der Waals surface area contributed by atoms with Crippen LogP contribution in [-0.4, -0.2) is 30.7 Å². The lowest BCUT2D eigenvalue weighted by Gasteiger charge is -2.08. The molecule has 0 aliphatic heterocycles. The zero-order valence-electron chi connectivity index (χ0n) is 14.9. The van der Waals surface area contributed by atoms with E-state index in [9.17, 15) is 9.59 Å². The predicted molar refractivity (Wildman–Crippen MR) is 95.3 cm³/mol. The number of esters is 1. The lowest BCUT2D eigenvalue weighted by Crippen LogP contribution is -2.25. The van der Waals surface area contributed by atoms with Gasteiger partial charge in [-0.2, -0.15) is 0 Å². The van der Waals surface area contributed by atoms with Gasteiger partial charge in [-0.05, 0) is 43.5 Å². The van der Waals surface area contributed by atoms with Gasteiger partial charge >= 0.3 is 5.97 Å². The van der Waals surface area contributed by atoms with Gasteiger partial charge in [-0.25, -0.2) is 0 Å². The maximum absolute atomic E-state index is 12.0. The molecular weight excluding hydrogens is 360 g/mol. The van der Waals surface area contributed by atoms with Crippen LogP contribution in [0.15, 0.2) is 22.7 Å². The third-order valence-electron chi connectivity index (χ3n) is 3.65. The van der Waals surface area contributed by atoms with Gasteiger partial charge in [-0.1, -0.05) is 16.8 Å². The number of carbonyl (C=O) groups excluding carboxylic acids is 2. The summed E-state index contributed by atoms with van der Waals surface area (Å²) in [5.74, 6) is 0.403. The van der Waals surface area contributed by atoms with Gasteiger partial charge in [0.15, 0.2) is 11.5 Å². The summed E-state index contributed by atoms with van der Waals surface area (Å²) in [6, 6.07) is 5.19. The first kappa shape index (κ1) is 19.8. The fourth-order valence-corrected chi connectivity index (χ4v) is 2.37. The van der Waals surface area contributed by atoms with E-state index in [1.807, 2.05) is 26.0 Å². The Hall–Kier alpha value is -2.54. The van der Waals surface area contributed by atoms with Crippen LogP contribution in [0.5, 0.6) is 5.75 Å². The third-order valence-corrected chi connectivity index (χ3v) is 4.25. The lowest BCUT2D eigenvalue weighted by molar-refractivity contribution is -0.140. The van der Waals surface area contributed by atoms with Crippen molar-refractivity contribution in [3.63, 3.8) is 0 Å². The number of hydrogen-bond acceptors (Lipinski definition) is 6. The Morgan fingerprint density at radius 3 is 2.58 bits per heavy atom. The highest BCUT2D eigenvalue weighted by molar-refractivity contribution is 6.32. The second-order valence-electron chi connectivity index (χ2n) is 5.77. The Bertz CT molecular complexity index is 765. The summed E-state index contributed by atoms with van der Waals surface area (Å²) < 4.78 is 15.3. The molecule has 2 rings (SSSR count). The first-order chi connectivity index (χ1) is 12.4. The topological polar surface area (TPSA) is 90.7 Å². The summed E-state index contributed by atoms with van der Waals surface area (Å²) in [7, 11) is 1.33. The van der Waals surface area contributed by atoms with Crippen LogP contribution in [0.25, 0.3) is 0 Å². The second-order valence-corrected chi connectivity index (χ2v) is 6.15. The SMILES string of the molecule is COC(=O)CCCNC(=O)c1cc(COc2cc(C)c(Cl)c(C)c2)on1. The quantitative estimate of drug-likeness (QED) is 0.558. The molecule has 1 heterocycles. The van der Waals surface area contributed by atoms with Gasteiger partial charge in [0, 0.05) is 24.1 Å². The summed E-state index contributed by atoms with van der Waals surface area (Å²) in [6.07, 6.45) is 0.732. The van der Waals surface area contributed by atoms with E-state index >= 15 is 0 Å². The number of carbonyl (C=O) groups is 2. The van der Waals surface area contributed by atoms with Crippen LogP contribution in [-0.2, 0) is 16.1 Å². The number of nitrogens with one attached hydrogen (secondary N) is 1. The fraction of sp³-hybridized carbons (Fsp3) is 0.389. The fourth-order valence-electron chi connectivity index (χ4n) is 2.26. The average molecular weight is 381 g/mol. The molecule has 0 atom stereocenters. The molecule has 8 heteroatoms. The molecule has 26 heavy (non-hydrogen) atoms. The molecule has 0 fully saturated rings. The van der Waals surface area contributed by atoms with Crippen molar-refractivity contribution in [2.75, 3.05) is 13.7 Å². The van der Waals surface area contributed by atoms with E-state index in [-0.39, 0.29) is 30.6 Å². The molecule has 0 aliphatic rings. The van der Waals surface area contributed by atoms with Crippen molar-refractivity contribution in [2.24, 2.45) is 0 Å². The van der Waals surface area contributed by atoms with Crippen LogP contribution >= 0.6 is 11.6 Å². The highest BCUT2D eigenvalue weighted by atomic mass is 35.5. The molecule has 0 radical (unpaired) electrons. The van der Waals surface area contributed by atoms with E-state index in [4.69, 9.17) is 20.9 Å². The summed E-state index contributed by atoms with van der Waals surface area (Å²) in [6.45, 7) is 4.29. The first-order valence-corrected chi connectivity index (χ1v) is 8.48. The Morgan fingerprint density at radius 1 is 1.23 bits per heavy atom. The number of methoxy groups -OCH3 is 1. The van der Waals surface area contributed by atoms with Crippen molar-refractivity contribution in [1.29, 1.82) is 0 Å². The average Bonchev–Trinajstić information content (AvgIpc) is 3.10. The number of aromatic nitrogens is 1. The van der Waals surface area contributed by atoms with E-state index in [1.54, 1.807) is 0 Å².